The van der Waals surface area contributed by atoms with E-state index < -0.39 is 6.04 Å². The molecule has 0 bridgehead atoms. The number of aryl methyl sites for hydroxylation is 1. The Labute approximate surface area is 209 Å². The van der Waals surface area contributed by atoms with Crippen molar-refractivity contribution < 1.29 is 14.3 Å². The number of hydrogen-bond acceptors (Lipinski definition) is 3. The van der Waals surface area contributed by atoms with Crippen LogP contribution in [0.3, 0.4) is 0 Å². The molecule has 3 rings (SSSR count). The highest BCUT2D eigenvalue weighted by atomic mass is 16.5. The van der Waals surface area contributed by atoms with E-state index in [1.54, 1.807) is 12.0 Å². The fourth-order valence-corrected chi connectivity index (χ4v) is 4.00. The first kappa shape index (κ1) is 26.0. The highest BCUT2D eigenvalue weighted by Crippen LogP contribution is 2.20. The Morgan fingerprint density at radius 2 is 1.51 bits per heavy atom. The minimum absolute atomic E-state index is 0.0267. The molecule has 0 heterocycles. The molecule has 1 N–H and O–H groups in total. The zero-order valence-corrected chi connectivity index (χ0v) is 20.9. The quantitative estimate of drug-likeness (QED) is 0.395. The molecule has 3 aromatic carbocycles. The van der Waals surface area contributed by atoms with E-state index in [0.717, 1.165) is 28.9 Å². The summed E-state index contributed by atoms with van der Waals surface area (Å²) in [6.07, 6.45) is 2.22. The van der Waals surface area contributed by atoms with Crippen LogP contribution < -0.4 is 10.1 Å². The molecule has 3 aromatic rings. The van der Waals surface area contributed by atoms with Crippen LogP contribution in [0.1, 0.15) is 43.4 Å². The average Bonchev–Trinajstić information content (AvgIpc) is 2.90. The van der Waals surface area contributed by atoms with E-state index in [1.807, 2.05) is 98.8 Å². The van der Waals surface area contributed by atoms with Gasteiger partial charge >= 0.3 is 0 Å². The molecule has 0 fully saturated rings. The molecule has 5 heteroatoms. The summed E-state index contributed by atoms with van der Waals surface area (Å²) in [5.41, 5.74) is 3.04. The molecule has 2 amide bonds. The molecule has 0 spiro atoms. The zero-order chi connectivity index (χ0) is 25.0. The summed E-state index contributed by atoms with van der Waals surface area (Å²) in [5.74, 6) is 0.555. The summed E-state index contributed by atoms with van der Waals surface area (Å²) in [4.78, 5) is 28.9. The van der Waals surface area contributed by atoms with Gasteiger partial charge in [-0.15, -0.1) is 0 Å². The largest absolute Gasteiger partial charge is 0.497 e. The van der Waals surface area contributed by atoms with Gasteiger partial charge in [-0.25, -0.2) is 0 Å². The Bertz CT molecular complexity index is 1070. The number of nitrogens with zero attached hydrogens (tertiary/aromatic N) is 1. The van der Waals surface area contributed by atoms with Crippen LogP contribution in [-0.4, -0.2) is 35.9 Å². The molecule has 0 radical (unpaired) electrons. The lowest BCUT2D eigenvalue weighted by molar-refractivity contribution is -0.141. The third-order valence-electron chi connectivity index (χ3n) is 6.23. The topological polar surface area (TPSA) is 58.6 Å². The maximum atomic E-state index is 13.7. The fraction of sp³-hybridized carbons (Fsp3) is 0.333. The van der Waals surface area contributed by atoms with Gasteiger partial charge in [0.25, 0.3) is 0 Å². The molecule has 0 aliphatic heterocycles. The smallest absolute Gasteiger partial charge is 0.243 e. The van der Waals surface area contributed by atoms with Crippen molar-refractivity contribution in [2.45, 2.75) is 58.2 Å². The Hall–Kier alpha value is -3.60. The Balaban J connectivity index is 1.92. The summed E-state index contributed by atoms with van der Waals surface area (Å²) in [6.45, 7) is 4.35. The number of carbonyl (C=O) groups excluding carboxylic acids is 2. The van der Waals surface area contributed by atoms with Crippen LogP contribution >= 0.6 is 0 Å². The van der Waals surface area contributed by atoms with Crippen molar-refractivity contribution in [2.24, 2.45) is 0 Å². The lowest BCUT2D eigenvalue weighted by Gasteiger charge is -2.32. The van der Waals surface area contributed by atoms with Gasteiger partial charge in [-0.2, -0.15) is 0 Å². The molecule has 0 aliphatic carbocycles. The summed E-state index contributed by atoms with van der Waals surface area (Å²) < 4.78 is 5.39. The second kappa shape index (κ2) is 13.3. The first-order valence-corrected chi connectivity index (χ1v) is 12.3. The molecular weight excluding hydrogens is 436 g/mol. The van der Waals surface area contributed by atoms with Crippen LogP contribution in [0.25, 0.3) is 0 Å². The summed E-state index contributed by atoms with van der Waals surface area (Å²) in [7, 11) is 1.62. The van der Waals surface area contributed by atoms with Gasteiger partial charge in [0.15, 0.2) is 0 Å². The molecule has 0 saturated heterocycles. The second-order valence-corrected chi connectivity index (χ2v) is 8.88. The first-order chi connectivity index (χ1) is 17.0. The molecular formula is C30H36N2O3. The van der Waals surface area contributed by atoms with E-state index in [2.05, 4.69) is 5.32 Å². The van der Waals surface area contributed by atoms with E-state index in [0.29, 0.717) is 25.8 Å². The van der Waals surface area contributed by atoms with Crippen molar-refractivity contribution in [1.82, 2.24) is 10.2 Å². The van der Waals surface area contributed by atoms with Crippen LogP contribution in [-0.2, 0) is 29.0 Å². The Morgan fingerprint density at radius 3 is 2.14 bits per heavy atom. The minimum Gasteiger partial charge on any atom is -0.497 e. The van der Waals surface area contributed by atoms with Crippen LogP contribution in [0.2, 0.25) is 0 Å². The van der Waals surface area contributed by atoms with Crippen molar-refractivity contribution in [2.75, 3.05) is 7.11 Å². The van der Waals surface area contributed by atoms with Crippen molar-refractivity contribution in [1.29, 1.82) is 0 Å². The van der Waals surface area contributed by atoms with E-state index in [9.17, 15) is 9.59 Å². The van der Waals surface area contributed by atoms with Crippen molar-refractivity contribution >= 4 is 11.8 Å². The zero-order valence-electron chi connectivity index (χ0n) is 20.9. The lowest BCUT2D eigenvalue weighted by Crippen LogP contribution is -2.52. The number of methoxy groups -OCH3 is 1. The van der Waals surface area contributed by atoms with Gasteiger partial charge in [-0.05, 0) is 48.6 Å². The van der Waals surface area contributed by atoms with Crippen molar-refractivity contribution in [3.05, 3.63) is 102 Å². The highest BCUT2D eigenvalue weighted by Gasteiger charge is 2.30. The highest BCUT2D eigenvalue weighted by molar-refractivity contribution is 5.88. The SMILES string of the molecule is CC[C@@H](C)NC(=O)[C@@H](Cc1ccccc1)N(Cc1cccc(OC)c1)C(=O)CCc1ccccc1. The van der Waals surface area contributed by atoms with Gasteiger partial charge in [-0.3, -0.25) is 9.59 Å². The van der Waals surface area contributed by atoms with Gasteiger partial charge in [0.05, 0.1) is 7.11 Å². The van der Waals surface area contributed by atoms with E-state index in [4.69, 9.17) is 4.74 Å². The third-order valence-corrected chi connectivity index (χ3v) is 6.23. The lowest BCUT2D eigenvalue weighted by atomic mass is 10.0. The molecule has 0 saturated carbocycles. The van der Waals surface area contributed by atoms with Crippen LogP contribution in [0.15, 0.2) is 84.9 Å². The van der Waals surface area contributed by atoms with Gasteiger partial charge in [0.1, 0.15) is 11.8 Å². The number of benzene rings is 3. The van der Waals surface area contributed by atoms with Crippen LogP contribution in [0.5, 0.6) is 5.75 Å². The molecule has 0 aliphatic rings. The van der Waals surface area contributed by atoms with Gasteiger partial charge < -0.3 is 15.0 Å². The van der Waals surface area contributed by atoms with Gasteiger partial charge in [-0.1, -0.05) is 79.7 Å². The van der Waals surface area contributed by atoms with E-state index in [1.165, 1.54) is 0 Å². The second-order valence-electron chi connectivity index (χ2n) is 8.88. The fourth-order valence-electron chi connectivity index (χ4n) is 4.00. The molecule has 184 valence electrons. The first-order valence-electron chi connectivity index (χ1n) is 12.3. The number of carbonyl (C=O) groups is 2. The third kappa shape index (κ3) is 7.99. The van der Waals surface area contributed by atoms with E-state index in [-0.39, 0.29) is 17.9 Å². The molecule has 2 atom stereocenters. The molecule has 0 unspecified atom stereocenters. The maximum absolute atomic E-state index is 13.7. The normalized spacial score (nSPS) is 12.4. The number of rotatable bonds is 12. The number of ether oxygens (including phenoxy) is 1. The standard InChI is InChI=1S/C30H36N2O3/c1-4-23(2)31-30(34)28(21-25-14-9-6-10-15-25)32(22-26-16-11-17-27(20-26)35-3)29(33)19-18-24-12-7-5-8-13-24/h5-17,20,23,28H,4,18-19,21-22H2,1-3H3,(H,31,34)/t23-,28-/m1/s1. The molecule has 5 nitrogen and oxygen atoms in total. The predicted octanol–water partition coefficient (Wildman–Crippen LogP) is 5.18. The molecule has 35 heavy (non-hydrogen) atoms. The number of hydrogen-bond donors (Lipinski definition) is 1. The predicted molar refractivity (Wildman–Crippen MR) is 140 cm³/mol. The number of amides is 2. The summed E-state index contributed by atoms with van der Waals surface area (Å²) in [5, 5.41) is 3.11. The summed E-state index contributed by atoms with van der Waals surface area (Å²) in [6, 6.07) is 26.9. The van der Waals surface area contributed by atoms with Gasteiger partial charge in [0, 0.05) is 25.4 Å². The van der Waals surface area contributed by atoms with Crippen LogP contribution in [0, 0.1) is 0 Å². The number of nitrogens with one attached hydrogen (secondary N) is 1. The van der Waals surface area contributed by atoms with Crippen LogP contribution in [0.4, 0.5) is 0 Å². The van der Waals surface area contributed by atoms with E-state index >= 15 is 0 Å². The Morgan fingerprint density at radius 1 is 0.886 bits per heavy atom. The van der Waals surface area contributed by atoms with Gasteiger partial charge in [0.2, 0.25) is 11.8 Å². The van der Waals surface area contributed by atoms with Crippen molar-refractivity contribution in [3.8, 4) is 5.75 Å². The van der Waals surface area contributed by atoms with Crippen molar-refractivity contribution in [3.63, 3.8) is 0 Å². The minimum atomic E-state index is -0.624. The average molecular weight is 473 g/mol. The maximum Gasteiger partial charge on any atom is 0.243 e. The molecule has 0 aromatic heterocycles. The Kier molecular flexibility index (Phi) is 9.91. The monoisotopic (exact) mass is 472 g/mol. The summed E-state index contributed by atoms with van der Waals surface area (Å²) >= 11 is 0.